The first-order chi connectivity index (χ1) is 8.90. The van der Waals surface area contributed by atoms with Gasteiger partial charge in [-0.2, -0.15) is 0 Å². The van der Waals surface area contributed by atoms with E-state index >= 15 is 0 Å². The van der Waals surface area contributed by atoms with Crippen molar-refractivity contribution in [2.75, 3.05) is 5.32 Å². The van der Waals surface area contributed by atoms with Gasteiger partial charge < -0.3 is 5.32 Å². The Bertz CT molecular complexity index is 533. The van der Waals surface area contributed by atoms with Gasteiger partial charge in [0.1, 0.15) is 6.04 Å². The molecule has 2 rings (SSSR count). The minimum Gasteiger partial charge on any atom is -0.372 e. The molecule has 1 atom stereocenters. The van der Waals surface area contributed by atoms with Gasteiger partial charge in [-0.3, -0.25) is 14.5 Å². The topological polar surface area (TPSA) is 49.4 Å². The molecule has 0 saturated carbocycles. The third-order valence-corrected chi connectivity index (χ3v) is 4.09. The van der Waals surface area contributed by atoms with Crippen molar-refractivity contribution < 1.29 is 9.59 Å². The number of nitrogens with one attached hydrogen (secondary N) is 1. The lowest BCUT2D eigenvalue weighted by Crippen LogP contribution is -2.39. The highest BCUT2D eigenvalue weighted by Crippen LogP contribution is 2.26. The van der Waals surface area contributed by atoms with Crippen LogP contribution < -0.4 is 5.32 Å². The van der Waals surface area contributed by atoms with Crippen LogP contribution >= 0.6 is 34.2 Å². The third-order valence-electron chi connectivity index (χ3n) is 2.96. The summed E-state index contributed by atoms with van der Waals surface area (Å²) >= 11 is 8.03. The zero-order chi connectivity index (χ0) is 14.2. The maximum atomic E-state index is 12.2. The van der Waals surface area contributed by atoms with Crippen LogP contribution in [-0.4, -0.2) is 28.8 Å². The molecule has 0 bridgehead atoms. The van der Waals surface area contributed by atoms with Gasteiger partial charge in [0, 0.05) is 20.3 Å². The second-order valence-electron chi connectivity index (χ2n) is 4.72. The number of carbonyl (C=O) groups is 2. The number of halogens is 2. The summed E-state index contributed by atoms with van der Waals surface area (Å²) in [5.41, 5.74) is 0.821. The summed E-state index contributed by atoms with van der Waals surface area (Å²) in [5, 5.41) is 3.77. The molecule has 0 aromatic heterocycles. The fourth-order valence-electron chi connectivity index (χ4n) is 2.10. The van der Waals surface area contributed by atoms with Crippen LogP contribution in [0.15, 0.2) is 18.2 Å². The predicted octanol–water partition coefficient (Wildman–Crippen LogP) is 2.89. The Hall–Kier alpha value is -0.820. The SMILES string of the molecule is CC(C)N1C(=O)CC(Nc2ccc(Cl)cc2I)C1=O. The molecule has 2 amide bonds. The Morgan fingerprint density at radius 1 is 1.42 bits per heavy atom. The second kappa shape index (κ2) is 5.66. The molecule has 1 aromatic carbocycles. The molecule has 102 valence electrons. The van der Waals surface area contributed by atoms with Gasteiger partial charge in [0.15, 0.2) is 0 Å². The fraction of sp³-hybridized carbons (Fsp3) is 0.385. The van der Waals surface area contributed by atoms with Gasteiger partial charge in [-0.15, -0.1) is 0 Å². The lowest BCUT2D eigenvalue weighted by molar-refractivity contribution is -0.140. The van der Waals surface area contributed by atoms with Crippen molar-refractivity contribution in [1.82, 2.24) is 4.90 Å². The van der Waals surface area contributed by atoms with Crippen molar-refractivity contribution in [3.63, 3.8) is 0 Å². The van der Waals surface area contributed by atoms with Gasteiger partial charge in [0.05, 0.1) is 6.42 Å². The first kappa shape index (κ1) is 14.6. The highest BCUT2D eigenvalue weighted by Gasteiger charge is 2.39. The number of anilines is 1. The summed E-state index contributed by atoms with van der Waals surface area (Å²) in [6.07, 6.45) is 0.204. The number of benzene rings is 1. The molecule has 1 fully saturated rings. The van der Waals surface area contributed by atoms with Gasteiger partial charge in [0.25, 0.3) is 5.91 Å². The zero-order valence-corrected chi connectivity index (χ0v) is 13.5. The summed E-state index contributed by atoms with van der Waals surface area (Å²) in [5.74, 6) is -0.285. The number of carbonyl (C=O) groups excluding carboxylic acids is 2. The van der Waals surface area contributed by atoms with Crippen molar-refractivity contribution in [3.05, 3.63) is 26.8 Å². The molecule has 0 radical (unpaired) electrons. The molecule has 19 heavy (non-hydrogen) atoms. The van der Waals surface area contributed by atoms with Crippen molar-refractivity contribution >= 4 is 51.7 Å². The zero-order valence-electron chi connectivity index (χ0n) is 10.6. The molecule has 0 aliphatic carbocycles. The van der Waals surface area contributed by atoms with Crippen LogP contribution in [0, 0.1) is 3.57 Å². The number of imide groups is 1. The molecule has 1 aliphatic heterocycles. The molecule has 6 heteroatoms. The molecule has 1 heterocycles. The number of amides is 2. The molecule has 1 aromatic rings. The van der Waals surface area contributed by atoms with Gasteiger partial charge in [-0.25, -0.2) is 0 Å². The first-order valence-corrected chi connectivity index (χ1v) is 7.43. The molecule has 0 spiro atoms. The third kappa shape index (κ3) is 3.02. The molecule has 1 N–H and O–H groups in total. The Kier molecular flexibility index (Phi) is 4.35. The monoisotopic (exact) mass is 392 g/mol. The summed E-state index contributed by atoms with van der Waals surface area (Å²) < 4.78 is 0.924. The lowest BCUT2D eigenvalue weighted by atomic mass is 10.2. The van der Waals surface area contributed by atoms with Crippen LogP contribution in [0.1, 0.15) is 20.3 Å². The Morgan fingerprint density at radius 2 is 2.11 bits per heavy atom. The van der Waals surface area contributed by atoms with Crippen LogP contribution in [0.5, 0.6) is 0 Å². The molecule has 1 aliphatic rings. The Balaban J connectivity index is 2.16. The smallest absolute Gasteiger partial charge is 0.252 e. The number of hydrogen-bond donors (Lipinski definition) is 1. The van der Waals surface area contributed by atoms with E-state index in [0.29, 0.717) is 5.02 Å². The standard InChI is InChI=1S/C13H14ClIN2O2/c1-7(2)17-12(18)6-11(13(17)19)16-10-4-3-8(14)5-9(10)15/h3-5,7,11,16H,6H2,1-2H3. The van der Waals surface area contributed by atoms with Gasteiger partial charge in [0.2, 0.25) is 5.91 Å². The fourth-order valence-corrected chi connectivity index (χ4v) is 3.13. The highest BCUT2D eigenvalue weighted by molar-refractivity contribution is 14.1. The highest BCUT2D eigenvalue weighted by atomic mass is 127. The molecular formula is C13H14ClIN2O2. The van der Waals surface area contributed by atoms with Gasteiger partial charge >= 0.3 is 0 Å². The van der Waals surface area contributed by atoms with Crippen LogP contribution in [0.2, 0.25) is 5.02 Å². The number of hydrogen-bond acceptors (Lipinski definition) is 3. The molecule has 1 unspecified atom stereocenters. The normalized spacial score (nSPS) is 19.4. The quantitative estimate of drug-likeness (QED) is 0.636. The van der Waals surface area contributed by atoms with Crippen molar-refractivity contribution in [2.24, 2.45) is 0 Å². The average molecular weight is 393 g/mol. The van der Waals surface area contributed by atoms with E-state index in [2.05, 4.69) is 27.9 Å². The molecular weight excluding hydrogens is 379 g/mol. The van der Waals surface area contributed by atoms with Crippen molar-refractivity contribution in [1.29, 1.82) is 0 Å². The number of likely N-dealkylation sites (tertiary alicyclic amines) is 1. The lowest BCUT2D eigenvalue weighted by Gasteiger charge is -2.19. The van der Waals surface area contributed by atoms with E-state index in [4.69, 9.17) is 11.6 Å². The van der Waals surface area contributed by atoms with Crippen LogP contribution in [0.25, 0.3) is 0 Å². The van der Waals surface area contributed by atoms with E-state index in [9.17, 15) is 9.59 Å². The van der Waals surface area contributed by atoms with E-state index < -0.39 is 6.04 Å². The molecule has 4 nitrogen and oxygen atoms in total. The average Bonchev–Trinajstić information content (AvgIpc) is 2.58. The van der Waals surface area contributed by atoms with E-state index in [-0.39, 0.29) is 24.3 Å². The van der Waals surface area contributed by atoms with Crippen LogP contribution in [-0.2, 0) is 9.59 Å². The van der Waals surface area contributed by atoms with Crippen LogP contribution in [0.3, 0.4) is 0 Å². The first-order valence-electron chi connectivity index (χ1n) is 5.97. The summed E-state index contributed by atoms with van der Waals surface area (Å²) in [6, 6.07) is 4.81. The van der Waals surface area contributed by atoms with Gasteiger partial charge in [-0.05, 0) is 54.6 Å². The number of nitrogens with zero attached hydrogens (tertiary/aromatic N) is 1. The van der Waals surface area contributed by atoms with Crippen molar-refractivity contribution in [2.45, 2.75) is 32.4 Å². The minimum absolute atomic E-state index is 0.101. The van der Waals surface area contributed by atoms with E-state index in [1.54, 1.807) is 6.07 Å². The predicted molar refractivity (Wildman–Crippen MR) is 83.2 cm³/mol. The number of rotatable bonds is 3. The van der Waals surface area contributed by atoms with Crippen molar-refractivity contribution in [3.8, 4) is 0 Å². The van der Waals surface area contributed by atoms with E-state index in [0.717, 1.165) is 9.26 Å². The Labute approximate surface area is 130 Å². The minimum atomic E-state index is -0.482. The van der Waals surface area contributed by atoms with Crippen LogP contribution in [0.4, 0.5) is 5.69 Å². The second-order valence-corrected chi connectivity index (χ2v) is 6.32. The Morgan fingerprint density at radius 3 is 2.63 bits per heavy atom. The summed E-state index contributed by atoms with van der Waals surface area (Å²) in [4.78, 5) is 25.3. The summed E-state index contributed by atoms with van der Waals surface area (Å²) in [6.45, 7) is 3.68. The van der Waals surface area contributed by atoms with E-state index in [1.807, 2.05) is 26.0 Å². The van der Waals surface area contributed by atoms with Gasteiger partial charge in [-0.1, -0.05) is 11.6 Å². The maximum absolute atomic E-state index is 12.2. The maximum Gasteiger partial charge on any atom is 0.252 e. The van der Waals surface area contributed by atoms with E-state index in [1.165, 1.54) is 4.90 Å². The molecule has 1 saturated heterocycles. The largest absolute Gasteiger partial charge is 0.372 e. The summed E-state index contributed by atoms with van der Waals surface area (Å²) in [7, 11) is 0.